The number of carbonyl (C=O) groups is 1. The fourth-order valence-corrected chi connectivity index (χ4v) is 2.62. The summed E-state index contributed by atoms with van der Waals surface area (Å²) in [4.78, 5) is 12.4. The Kier molecular flexibility index (Phi) is 5.93. The lowest BCUT2D eigenvalue weighted by Gasteiger charge is -2.07. The van der Waals surface area contributed by atoms with Gasteiger partial charge in [0.15, 0.2) is 0 Å². The van der Waals surface area contributed by atoms with Crippen molar-refractivity contribution in [3.63, 3.8) is 0 Å². The zero-order chi connectivity index (χ0) is 19.9. The first-order chi connectivity index (χ1) is 13.6. The van der Waals surface area contributed by atoms with Gasteiger partial charge in [0, 0.05) is 23.4 Å². The first kappa shape index (κ1) is 19.0. The molecular weight excluding hydrogens is 352 g/mol. The minimum Gasteiger partial charge on any atom is -0.494 e. The van der Waals surface area contributed by atoms with E-state index in [0.29, 0.717) is 29.6 Å². The Labute approximate surface area is 163 Å². The minimum absolute atomic E-state index is 0.0494. The molecule has 1 amide bonds. The van der Waals surface area contributed by atoms with E-state index in [1.54, 1.807) is 30.3 Å². The molecule has 0 saturated carbocycles. The van der Waals surface area contributed by atoms with Crippen LogP contribution in [0, 0.1) is 18.3 Å². The molecule has 0 unspecified atom stereocenters. The molecular formula is C23H20N2O3. The van der Waals surface area contributed by atoms with Crippen LogP contribution in [0.2, 0.25) is 0 Å². The van der Waals surface area contributed by atoms with Crippen LogP contribution < -0.4 is 10.1 Å². The molecule has 0 aliphatic heterocycles. The molecule has 3 aromatic rings. The third-order valence-electron chi connectivity index (χ3n) is 4.02. The Hall–Kier alpha value is -3.78. The number of nitriles is 1. The van der Waals surface area contributed by atoms with Crippen LogP contribution in [-0.2, 0) is 4.79 Å². The molecule has 1 aromatic heterocycles. The zero-order valence-electron chi connectivity index (χ0n) is 15.7. The number of hydrogen-bond donors (Lipinski definition) is 1. The Balaban J connectivity index is 1.76. The van der Waals surface area contributed by atoms with E-state index in [1.165, 1.54) is 6.08 Å². The highest BCUT2D eigenvalue weighted by Gasteiger charge is 2.12. The van der Waals surface area contributed by atoms with Gasteiger partial charge in [-0.05, 0) is 38.1 Å². The van der Waals surface area contributed by atoms with Crippen LogP contribution in [0.25, 0.3) is 17.4 Å². The van der Waals surface area contributed by atoms with Crippen molar-refractivity contribution in [3.05, 3.63) is 77.6 Å². The fourth-order valence-electron chi connectivity index (χ4n) is 2.62. The van der Waals surface area contributed by atoms with Crippen LogP contribution in [0.3, 0.4) is 0 Å². The van der Waals surface area contributed by atoms with Crippen molar-refractivity contribution < 1.29 is 13.9 Å². The molecule has 0 aliphatic rings. The lowest BCUT2D eigenvalue weighted by molar-refractivity contribution is -0.112. The van der Waals surface area contributed by atoms with Crippen LogP contribution in [0.5, 0.6) is 5.75 Å². The number of furan rings is 1. The number of nitrogens with zero attached hydrogens (tertiary/aromatic N) is 1. The van der Waals surface area contributed by atoms with Gasteiger partial charge in [0.1, 0.15) is 28.9 Å². The maximum atomic E-state index is 12.4. The number of rotatable bonds is 6. The summed E-state index contributed by atoms with van der Waals surface area (Å²) in [5.74, 6) is 1.25. The smallest absolute Gasteiger partial charge is 0.266 e. The number of aryl methyl sites for hydroxylation is 1. The second kappa shape index (κ2) is 8.74. The van der Waals surface area contributed by atoms with Gasteiger partial charge in [0.05, 0.1) is 6.61 Å². The summed E-state index contributed by atoms with van der Waals surface area (Å²) in [6, 6.07) is 20.4. The normalized spacial score (nSPS) is 11.0. The van der Waals surface area contributed by atoms with Gasteiger partial charge in [0.2, 0.25) is 0 Å². The number of carbonyl (C=O) groups excluding carboxylic acids is 1. The molecule has 0 saturated heterocycles. The van der Waals surface area contributed by atoms with Crippen LogP contribution in [-0.4, -0.2) is 12.5 Å². The Bertz CT molecular complexity index is 1040. The average molecular weight is 372 g/mol. The summed E-state index contributed by atoms with van der Waals surface area (Å²) in [7, 11) is 0. The van der Waals surface area contributed by atoms with Gasteiger partial charge in [0.25, 0.3) is 5.91 Å². The number of benzene rings is 2. The molecule has 1 N–H and O–H groups in total. The Morgan fingerprint density at radius 1 is 1.18 bits per heavy atom. The van der Waals surface area contributed by atoms with Crippen molar-refractivity contribution in [1.29, 1.82) is 5.26 Å². The Morgan fingerprint density at radius 2 is 1.96 bits per heavy atom. The van der Waals surface area contributed by atoms with Gasteiger partial charge in [-0.1, -0.05) is 35.9 Å². The van der Waals surface area contributed by atoms with Gasteiger partial charge in [-0.25, -0.2) is 0 Å². The highest BCUT2D eigenvalue weighted by Crippen LogP contribution is 2.24. The van der Waals surface area contributed by atoms with E-state index in [4.69, 9.17) is 9.15 Å². The van der Waals surface area contributed by atoms with Gasteiger partial charge in [-0.2, -0.15) is 5.26 Å². The van der Waals surface area contributed by atoms with Crippen LogP contribution >= 0.6 is 0 Å². The standard InChI is InChI=1S/C23H20N2O3/c1-3-27-20-6-4-5-19(14-20)25-23(26)18(15-24)13-21-11-12-22(28-21)17-9-7-16(2)8-10-17/h4-14H,3H2,1-2H3,(H,25,26)/b18-13+. The highest BCUT2D eigenvalue weighted by molar-refractivity contribution is 6.09. The SMILES string of the molecule is CCOc1cccc(NC(=O)/C(C#N)=C/c2ccc(-c3ccc(C)cc3)o2)c1. The van der Waals surface area contributed by atoms with E-state index in [2.05, 4.69) is 5.32 Å². The number of ether oxygens (including phenoxy) is 1. The van der Waals surface area contributed by atoms with Crippen LogP contribution in [0.15, 0.2) is 70.7 Å². The summed E-state index contributed by atoms with van der Waals surface area (Å²) >= 11 is 0. The van der Waals surface area contributed by atoms with E-state index in [1.807, 2.05) is 50.2 Å². The van der Waals surface area contributed by atoms with Crippen molar-refractivity contribution in [2.45, 2.75) is 13.8 Å². The van der Waals surface area contributed by atoms with E-state index < -0.39 is 5.91 Å². The molecule has 3 rings (SSSR count). The van der Waals surface area contributed by atoms with Crippen molar-refractivity contribution in [3.8, 4) is 23.1 Å². The lowest BCUT2D eigenvalue weighted by Crippen LogP contribution is -2.13. The van der Waals surface area contributed by atoms with Crippen LogP contribution in [0.4, 0.5) is 5.69 Å². The van der Waals surface area contributed by atoms with Gasteiger partial charge in [-0.15, -0.1) is 0 Å². The van der Waals surface area contributed by atoms with Crippen LogP contribution in [0.1, 0.15) is 18.2 Å². The summed E-state index contributed by atoms with van der Waals surface area (Å²) in [5, 5.41) is 12.1. The number of anilines is 1. The van der Waals surface area contributed by atoms with E-state index >= 15 is 0 Å². The van der Waals surface area contributed by atoms with Crippen molar-refractivity contribution >= 4 is 17.7 Å². The molecule has 28 heavy (non-hydrogen) atoms. The van der Waals surface area contributed by atoms with Gasteiger partial charge in [-0.3, -0.25) is 4.79 Å². The predicted octanol–water partition coefficient (Wildman–Crippen LogP) is 5.20. The second-order valence-corrected chi connectivity index (χ2v) is 6.15. The van der Waals surface area contributed by atoms with E-state index in [-0.39, 0.29) is 5.57 Å². The van der Waals surface area contributed by atoms with Crippen molar-refractivity contribution in [1.82, 2.24) is 0 Å². The van der Waals surface area contributed by atoms with Crippen molar-refractivity contribution in [2.24, 2.45) is 0 Å². The third-order valence-corrected chi connectivity index (χ3v) is 4.02. The number of nitrogens with one attached hydrogen (secondary N) is 1. The molecule has 0 bridgehead atoms. The topological polar surface area (TPSA) is 75.3 Å². The minimum atomic E-state index is -0.510. The molecule has 0 aliphatic carbocycles. The van der Waals surface area contributed by atoms with E-state index in [0.717, 1.165) is 11.1 Å². The van der Waals surface area contributed by atoms with Gasteiger partial charge < -0.3 is 14.5 Å². The predicted molar refractivity (Wildman–Crippen MR) is 109 cm³/mol. The molecule has 0 radical (unpaired) electrons. The Morgan fingerprint density at radius 3 is 2.68 bits per heavy atom. The zero-order valence-corrected chi connectivity index (χ0v) is 15.7. The average Bonchev–Trinajstić information content (AvgIpc) is 3.16. The molecule has 1 heterocycles. The summed E-state index contributed by atoms with van der Waals surface area (Å²) in [6.07, 6.45) is 1.43. The molecule has 0 spiro atoms. The summed E-state index contributed by atoms with van der Waals surface area (Å²) < 4.78 is 11.2. The molecule has 5 nitrogen and oxygen atoms in total. The first-order valence-corrected chi connectivity index (χ1v) is 8.92. The maximum absolute atomic E-state index is 12.4. The van der Waals surface area contributed by atoms with Crippen molar-refractivity contribution in [2.75, 3.05) is 11.9 Å². The number of hydrogen-bond acceptors (Lipinski definition) is 4. The number of amides is 1. The third kappa shape index (κ3) is 4.68. The molecule has 0 fully saturated rings. The highest BCUT2D eigenvalue weighted by atomic mass is 16.5. The maximum Gasteiger partial charge on any atom is 0.266 e. The largest absolute Gasteiger partial charge is 0.494 e. The molecule has 140 valence electrons. The lowest BCUT2D eigenvalue weighted by atomic mass is 10.1. The summed E-state index contributed by atoms with van der Waals surface area (Å²) in [6.45, 7) is 4.43. The quantitative estimate of drug-likeness (QED) is 0.477. The fraction of sp³-hybridized carbons (Fsp3) is 0.130. The molecule has 5 heteroatoms. The second-order valence-electron chi connectivity index (χ2n) is 6.15. The van der Waals surface area contributed by atoms with Gasteiger partial charge >= 0.3 is 0 Å². The first-order valence-electron chi connectivity index (χ1n) is 8.92. The monoisotopic (exact) mass is 372 g/mol. The summed E-state index contributed by atoms with van der Waals surface area (Å²) in [5.41, 5.74) is 2.59. The molecule has 2 aromatic carbocycles. The molecule has 0 atom stereocenters. The van der Waals surface area contributed by atoms with E-state index in [9.17, 15) is 10.1 Å².